The molecule has 1 heterocycles. The molecule has 0 aromatic carbocycles. The molecular formula is C15H26N2O5. The van der Waals surface area contributed by atoms with E-state index in [0.717, 1.165) is 0 Å². The quantitative estimate of drug-likeness (QED) is 0.798. The summed E-state index contributed by atoms with van der Waals surface area (Å²) in [4.78, 5) is 26.4. The van der Waals surface area contributed by atoms with Crippen LogP contribution in [0.3, 0.4) is 0 Å². The topological polar surface area (TPSA) is 79.3 Å². The summed E-state index contributed by atoms with van der Waals surface area (Å²) in [5.41, 5.74) is -1.75. The molecule has 1 N–H and O–H groups in total. The molecule has 1 fully saturated rings. The second-order valence-corrected chi connectivity index (χ2v) is 6.59. The fourth-order valence-corrected chi connectivity index (χ4v) is 2.09. The molecule has 0 bridgehead atoms. The minimum absolute atomic E-state index is 0.109. The molecule has 0 aliphatic carbocycles. The summed E-state index contributed by atoms with van der Waals surface area (Å²) in [7, 11) is 1.55. The van der Waals surface area contributed by atoms with E-state index in [1.54, 1.807) is 34.7 Å². The van der Waals surface area contributed by atoms with Crippen LogP contribution in [0, 0.1) is 0 Å². The van der Waals surface area contributed by atoms with Crippen LogP contribution in [0.5, 0.6) is 0 Å². The third-order valence-electron chi connectivity index (χ3n) is 3.55. The Morgan fingerprint density at radius 2 is 2.00 bits per heavy atom. The predicted molar refractivity (Wildman–Crippen MR) is 81.5 cm³/mol. The van der Waals surface area contributed by atoms with Gasteiger partial charge in [-0.3, -0.25) is 0 Å². The van der Waals surface area contributed by atoms with Gasteiger partial charge >= 0.3 is 12.2 Å². The smallest absolute Gasteiger partial charge is 0.410 e. The van der Waals surface area contributed by atoms with E-state index in [0.29, 0.717) is 0 Å². The molecule has 2 amide bonds. The normalized spacial score (nSPS) is 18.0. The number of hydrogen-bond acceptors (Lipinski definition) is 5. The Labute approximate surface area is 131 Å². The third kappa shape index (κ3) is 4.37. The van der Waals surface area contributed by atoms with E-state index in [4.69, 9.17) is 9.47 Å². The van der Waals surface area contributed by atoms with Gasteiger partial charge in [-0.25, -0.2) is 9.59 Å². The lowest BCUT2D eigenvalue weighted by molar-refractivity contribution is -0.131. The summed E-state index contributed by atoms with van der Waals surface area (Å²) in [6.45, 7) is 10.9. The maximum atomic E-state index is 11.9. The molecule has 1 unspecified atom stereocenters. The number of nitrogens with zero attached hydrogens (tertiary/aromatic N) is 2. The molecule has 0 aromatic rings. The second kappa shape index (κ2) is 6.56. The lowest BCUT2D eigenvalue weighted by atomic mass is 9.86. The zero-order chi connectivity index (χ0) is 17.1. The Balaban J connectivity index is 2.55. The van der Waals surface area contributed by atoms with E-state index in [2.05, 4.69) is 6.58 Å². The van der Waals surface area contributed by atoms with Crippen molar-refractivity contribution in [2.45, 2.75) is 44.9 Å². The van der Waals surface area contributed by atoms with Gasteiger partial charge in [0.2, 0.25) is 0 Å². The first-order chi connectivity index (χ1) is 10.00. The van der Waals surface area contributed by atoms with Crippen LogP contribution in [-0.2, 0) is 9.47 Å². The zero-order valence-corrected chi connectivity index (χ0v) is 14.0. The lowest BCUT2D eigenvalue weighted by Crippen LogP contribution is -2.71. The fraction of sp³-hybridized carbons (Fsp3) is 0.733. The number of aliphatic hydroxyl groups is 1. The number of likely N-dealkylation sites (tertiary alicyclic amines) is 1. The molecule has 126 valence electrons. The average Bonchev–Trinajstić information content (AvgIpc) is 2.37. The van der Waals surface area contributed by atoms with Gasteiger partial charge in [-0.15, -0.1) is 0 Å². The van der Waals surface area contributed by atoms with Crippen molar-refractivity contribution in [3.63, 3.8) is 0 Å². The fourth-order valence-electron chi connectivity index (χ4n) is 2.09. The molecule has 1 rings (SSSR count). The van der Waals surface area contributed by atoms with Crippen molar-refractivity contribution in [3.8, 4) is 0 Å². The Kier molecular flexibility index (Phi) is 5.45. The standard InChI is InChI=1S/C15H26N2O5/c1-7-8-21-12(18)16(6)11(2)15(20)9-17(10-15)13(19)22-14(3,4)5/h7,11,20H,1,8-10H2,2-6H3. The Hall–Kier alpha value is -1.76. The van der Waals surface area contributed by atoms with E-state index >= 15 is 0 Å². The summed E-state index contributed by atoms with van der Waals surface area (Å²) in [6, 6.07) is -0.497. The van der Waals surface area contributed by atoms with Crippen LogP contribution in [0.2, 0.25) is 0 Å². The molecule has 0 saturated carbocycles. The molecule has 1 saturated heterocycles. The molecule has 0 spiro atoms. The third-order valence-corrected chi connectivity index (χ3v) is 3.55. The molecule has 1 aliphatic rings. The van der Waals surface area contributed by atoms with E-state index in [-0.39, 0.29) is 19.7 Å². The van der Waals surface area contributed by atoms with Gasteiger partial charge < -0.3 is 24.4 Å². The van der Waals surface area contributed by atoms with Gasteiger partial charge in [0.15, 0.2) is 0 Å². The Bertz CT molecular complexity index is 438. The van der Waals surface area contributed by atoms with Gasteiger partial charge in [-0.1, -0.05) is 12.7 Å². The molecule has 1 aliphatic heterocycles. The van der Waals surface area contributed by atoms with Crippen molar-refractivity contribution in [2.75, 3.05) is 26.7 Å². The molecule has 22 heavy (non-hydrogen) atoms. The highest BCUT2D eigenvalue weighted by Gasteiger charge is 2.51. The highest BCUT2D eigenvalue weighted by atomic mass is 16.6. The van der Waals surface area contributed by atoms with Crippen molar-refractivity contribution in [1.29, 1.82) is 0 Å². The van der Waals surface area contributed by atoms with E-state index in [1.165, 1.54) is 15.9 Å². The molecule has 1 atom stereocenters. The van der Waals surface area contributed by atoms with Crippen LogP contribution >= 0.6 is 0 Å². The van der Waals surface area contributed by atoms with Gasteiger partial charge in [-0.05, 0) is 27.7 Å². The number of rotatable bonds is 4. The SMILES string of the molecule is C=CCOC(=O)N(C)C(C)C1(O)CN(C(=O)OC(C)(C)C)C1. The maximum Gasteiger partial charge on any atom is 0.410 e. The number of hydrogen-bond donors (Lipinski definition) is 1. The highest BCUT2D eigenvalue weighted by Crippen LogP contribution is 2.29. The van der Waals surface area contributed by atoms with Crippen molar-refractivity contribution in [1.82, 2.24) is 9.80 Å². The number of likely N-dealkylation sites (N-methyl/N-ethyl adjacent to an activating group) is 1. The van der Waals surface area contributed by atoms with Crippen molar-refractivity contribution >= 4 is 12.2 Å². The summed E-state index contributed by atoms with van der Waals surface area (Å²) < 4.78 is 10.2. The molecule has 7 heteroatoms. The van der Waals surface area contributed by atoms with Crippen LogP contribution < -0.4 is 0 Å². The molecule has 0 aromatic heterocycles. The van der Waals surface area contributed by atoms with Crippen molar-refractivity contribution < 1.29 is 24.2 Å². The second-order valence-electron chi connectivity index (χ2n) is 6.59. The maximum absolute atomic E-state index is 11.9. The summed E-state index contributed by atoms with van der Waals surface area (Å²) in [5, 5.41) is 10.5. The number of carbonyl (C=O) groups is 2. The number of β-amino-alcohol motifs (C(OH)–C–C–N with tert-alkyl or cyclic N) is 1. The van der Waals surface area contributed by atoms with Crippen LogP contribution in [0.25, 0.3) is 0 Å². The van der Waals surface area contributed by atoms with Gasteiger partial charge in [-0.2, -0.15) is 0 Å². The minimum Gasteiger partial charge on any atom is -0.445 e. The van der Waals surface area contributed by atoms with E-state index < -0.39 is 29.4 Å². The first-order valence-corrected chi connectivity index (χ1v) is 7.21. The molecule has 0 radical (unpaired) electrons. The predicted octanol–water partition coefficient (Wildman–Crippen LogP) is 1.61. The lowest BCUT2D eigenvalue weighted by Gasteiger charge is -2.51. The number of ether oxygens (including phenoxy) is 2. The van der Waals surface area contributed by atoms with Gasteiger partial charge in [0.1, 0.15) is 17.8 Å². The van der Waals surface area contributed by atoms with E-state index in [1.807, 2.05) is 0 Å². The number of carbonyl (C=O) groups excluding carboxylic acids is 2. The van der Waals surface area contributed by atoms with Gasteiger partial charge in [0.05, 0.1) is 19.1 Å². The van der Waals surface area contributed by atoms with Crippen LogP contribution in [0.1, 0.15) is 27.7 Å². The van der Waals surface area contributed by atoms with E-state index in [9.17, 15) is 14.7 Å². The Morgan fingerprint density at radius 1 is 1.45 bits per heavy atom. The zero-order valence-electron chi connectivity index (χ0n) is 14.0. The van der Waals surface area contributed by atoms with Crippen LogP contribution in [0.15, 0.2) is 12.7 Å². The van der Waals surface area contributed by atoms with Gasteiger partial charge in [0.25, 0.3) is 0 Å². The summed E-state index contributed by atoms with van der Waals surface area (Å²) >= 11 is 0. The summed E-state index contributed by atoms with van der Waals surface area (Å²) in [5.74, 6) is 0. The first kappa shape index (κ1) is 18.3. The molecule has 7 nitrogen and oxygen atoms in total. The molecular weight excluding hydrogens is 288 g/mol. The minimum atomic E-state index is -1.17. The first-order valence-electron chi connectivity index (χ1n) is 7.21. The number of amides is 2. The Morgan fingerprint density at radius 3 is 2.45 bits per heavy atom. The monoisotopic (exact) mass is 314 g/mol. The van der Waals surface area contributed by atoms with Gasteiger partial charge in [0, 0.05) is 7.05 Å². The summed E-state index contributed by atoms with van der Waals surface area (Å²) in [6.07, 6.45) is 0.455. The van der Waals surface area contributed by atoms with Crippen molar-refractivity contribution in [3.05, 3.63) is 12.7 Å². The van der Waals surface area contributed by atoms with Crippen molar-refractivity contribution in [2.24, 2.45) is 0 Å². The average molecular weight is 314 g/mol. The largest absolute Gasteiger partial charge is 0.445 e. The van der Waals surface area contributed by atoms with Crippen LogP contribution in [0.4, 0.5) is 9.59 Å². The highest BCUT2D eigenvalue weighted by molar-refractivity contribution is 5.70. The van der Waals surface area contributed by atoms with Crippen LogP contribution in [-0.4, -0.2) is 71.1 Å².